The summed E-state index contributed by atoms with van der Waals surface area (Å²) in [4.78, 5) is 22.6. The van der Waals surface area contributed by atoms with Crippen molar-refractivity contribution in [2.45, 2.75) is 19.4 Å². The van der Waals surface area contributed by atoms with Gasteiger partial charge in [0.2, 0.25) is 12.0 Å². The second kappa shape index (κ2) is 9.23. The number of nitrogens with one attached hydrogen (secondary N) is 1. The topological polar surface area (TPSA) is 75.6 Å². The fraction of sp³-hybridized carbons (Fsp3) is 0.429. The largest absolute Gasteiger partial charge is 0.478 e. The van der Waals surface area contributed by atoms with Gasteiger partial charge in [-0.25, -0.2) is 9.18 Å². The number of carboxylic acid groups (broad SMARTS) is 1. The highest BCUT2D eigenvalue weighted by atomic mass is 32.2. The fourth-order valence-electron chi connectivity index (χ4n) is 1.42. The van der Waals surface area contributed by atoms with Crippen molar-refractivity contribution < 1.29 is 23.8 Å². The van der Waals surface area contributed by atoms with Gasteiger partial charge in [0, 0.05) is 0 Å². The zero-order valence-electron chi connectivity index (χ0n) is 11.7. The van der Waals surface area contributed by atoms with Crippen molar-refractivity contribution in [3.63, 3.8) is 0 Å². The molecule has 0 aromatic heterocycles. The summed E-state index contributed by atoms with van der Waals surface area (Å²) >= 11 is 1.49. The quantitative estimate of drug-likeness (QED) is 0.681. The summed E-state index contributed by atoms with van der Waals surface area (Å²) in [6.07, 6.45) is -0.237. The van der Waals surface area contributed by atoms with Crippen LogP contribution in [0.3, 0.4) is 0 Å². The SMILES string of the molecule is CCCSCC(=O)NCC(Oc1ccc(F)cc1)C(=O)O. The minimum Gasteiger partial charge on any atom is -0.478 e. The number of aliphatic carboxylic acids is 1. The van der Waals surface area contributed by atoms with E-state index in [1.807, 2.05) is 6.92 Å². The van der Waals surface area contributed by atoms with E-state index in [4.69, 9.17) is 9.84 Å². The van der Waals surface area contributed by atoms with E-state index in [-0.39, 0.29) is 24.0 Å². The van der Waals surface area contributed by atoms with E-state index in [1.165, 1.54) is 36.0 Å². The molecule has 1 aromatic rings. The molecular formula is C14H18FNO4S. The predicted molar refractivity (Wildman–Crippen MR) is 79.1 cm³/mol. The van der Waals surface area contributed by atoms with Gasteiger partial charge in [-0.1, -0.05) is 6.92 Å². The maximum atomic E-state index is 12.8. The highest BCUT2D eigenvalue weighted by Gasteiger charge is 2.20. The number of carbonyl (C=O) groups excluding carboxylic acids is 1. The Morgan fingerprint density at radius 1 is 1.38 bits per heavy atom. The molecule has 0 radical (unpaired) electrons. The van der Waals surface area contributed by atoms with Crippen LogP contribution < -0.4 is 10.1 Å². The third-order valence-corrected chi connectivity index (χ3v) is 3.60. The van der Waals surface area contributed by atoms with Crippen LogP contribution in [-0.2, 0) is 9.59 Å². The van der Waals surface area contributed by atoms with Gasteiger partial charge in [0.15, 0.2) is 0 Å². The summed E-state index contributed by atoms with van der Waals surface area (Å²) in [5.41, 5.74) is 0. The van der Waals surface area contributed by atoms with E-state index < -0.39 is 17.9 Å². The van der Waals surface area contributed by atoms with Crippen LogP contribution in [0.1, 0.15) is 13.3 Å². The lowest BCUT2D eigenvalue weighted by molar-refractivity contribution is -0.145. The molecule has 1 unspecified atom stereocenters. The van der Waals surface area contributed by atoms with Gasteiger partial charge < -0.3 is 15.2 Å². The molecule has 0 aliphatic rings. The molecule has 1 rings (SSSR count). The van der Waals surface area contributed by atoms with E-state index in [2.05, 4.69) is 5.32 Å². The van der Waals surface area contributed by atoms with Crippen molar-refractivity contribution in [3.8, 4) is 5.75 Å². The molecule has 2 N–H and O–H groups in total. The Kier molecular flexibility index (Phi) is 7.60. The average Bonchev–Trinajstić information content (AvgIpc) is 2.45. The summed E-state index contributed by atoms with van der Waals surface area (Å²) in [6.45, 7) is 1.88. The highest BCUT2D eigenvalue weighted by molar-refractivity contribution is 7.99. The van der Waals surface area contributed by atoms with Crippen molar-refractivity contribution in [1.82, 2.24) is 5.32 Å². The molecule has 1 amide bonds. The first-order chi connectivity index (χ1) is 10.0. The molecule has 1 atom stereocenters. The summed E-state index contributed by atoms with van der Waals surface area (Å²) in [7, 11) is 0. The van der Waals surface area contributed by atoms with Crippen LogP contribution in [0.2, 0.25) is 0 Å². The minimum atomic E-state index is -1.21. The van der Waals surface area contributed by atoms with Gasteiger partial charge >= 0.3 is 5.97 Å². The van der Waals surface area contributed by atoms with Crippen LogP contribution in [-0.4, -0.2) is 41.1 Å². The second-order valence-electron chi connectivity index (χ2n) is 4.26. The Balaban J connectivity index is 2.45. The van der Waals surface area contributed by atoms with Gasteiger partial charge in [0.05, 0.1) is 12.3 Å². The molecule has 7 heteroatoms. The summed E-state index contributed by atoms with van der Waals surface area (Å²) in [5.74, 6) is -0.462. The second-order valence-corrected chi connectivity index (χ2v) is 5.36. The molecule has 0 aliphatic carbocycles. The number of hydrogen-bond acceptors (Lipinski definition) is 4. The molecule has 0 bridgehead atoms. The van der Waals surface area contributed by atoms with Gasteiger partial charge in [0.25, 0.3) is 0 Å². The molecule has 21 heavy (non-hydrogen) atoms. The summed E-state index contributed by atoms with van der Waals surface area (Å²) in [5, 5.41) is 11.6. The van der Waals surface area contributed by atoms with Crippen molar-refractivity contribution in [3.05, 3.63) is 30.1 Å². The number of carbonyl (C=O) groups is 2. The average molecular weight is 315 g/mol. The lowest BCUT2D eigenvalue weighted by Gasteiger charge is -2.15. The minimum absolute atomic E-state index is 0.141. The lowest BCUT2D eigenvalue weighted by Crippen LogP contribution is -2.41. The first kappa shape index (κ1) is 17.3. The fourth-order valence-corrected chi connectivity index (χ4v) is 2.14. The van der Waals surface area contributed by atoms with Crippen LogP contribution in [0.4, 0.5) is 4.39 Å². The molecule has 0 heterocycles. The van der Waals surface area contributed by atoms with Gasteiger partial charge in [-0.2, -0.15) is 11.8 Å². The smallest absolute Gasteiger partial charge is 0.346 e. The maximum Gasteiger partial charge on any atom is 0.346 e. The van der Waals surface area contributed by atoms with Crippen molar-refractivity contribution in [1.29, 1.82) is 0 Å². The Hall–Kier alpha value is -1.76. The number of ether oxygens (including phenoxy) is 1. The third kappa shape index (κ3) is 6.99. The van der Waals surface area contributed by atoms with Crippen molar-refractivity contribution in [2.75, 3.05) is 18.1 Å². The molecule has 0 saturated heterocycles. The normalized spacial score (nSPS) is 11.7. The highest BCUT2D eigenvalue weighted by Crippen LogP contribution is 2.13. The standard InChI is InChI=1S/C14H18FNO4S/c1-2-7-21-9-13(17)16-8-12(14(18)19)20-11-5-3-10(15)4-6-11/h3-6,12H,2,7-9H2,1H3,(H,16,17)(H,18,19). The van der Waals surface area contributed by atoms with Gasteiger partial charge in [-0.15, -0.1) is 0 Å². The zero-order valence-corrected chi connectivity index (χ0v) is 12.5. The van der Waals surface area contributed by atoms with Crippen LogP contribution in [0.25, 0.3) is 0 Å². The molecule has 116 valence electrons. The molecule has 1 aromatic carbocycles. The first-order valence-corrected chi connectivity index (χ1v) is 7.68. The van der Waals surface area contributed by atoms with Crippen LogP contribution in [0, 0.1) is 5.82 Å². The Labute approximate surface area is 126 Å². The number of carboxylic acids is 1. The van der Waals surface area contributed by atoms with Gasteiger partial charge in [-0.3, -0.25) is 4.79 Å². The summed E-state index contributed by atoms with van der Waals surface area (Å²) in [6, 6.07) is 5.02. The third-order valence-electron chi connectivity index (χ3n) is 2.43. The lowest BCUT2D eigenvalue weighted by atomic mass is 10.3. The van der Waals surface area contributed by atoms with E-state index in [9.17, 15) is 14.0 Å². The van der Waals surface area contributed by atoms with Crippen LogP contribution >= 0.6 is 11.8 Å². The van der Waals surface area contributed by atoms with E-state index in [0.29, 0.717) is 0 Å². The molecule has 0 aliphatic heterocycles. The van der Waals surface area contributed by atoms with Gasteiger partial charge in [0.1, 0.15) is 11.6 Å². The summed E-state index contributed by atoms with van der Waals surface area (Å²) < 4.78 is 18.0. The number of benzene rings is 1. The Bertz CT molecular complexity index is 467. The van der Waals surface area contributed by atoms with E-state index >= 15 is 0 Å². The predicted octanol–water partition coefficient (Wildman–Crippen LogP) is 1.92. The molecule has 0 spiro atoms. The first-order valence-electron chi connectivity index (χ1n) is 6.52. The van der Waals surface area contributed by atoms with Gasteiger partial charge in [-0.05, 0) is 36.4 Å². The number of hydrogen-bond donors (Lipinski definition) is 2. The van der Waals surface area contributed by atoms with Crippen molar-refractivity contribution >= 4 is 23.6 Å². The number of thioether (sulfide) groups is 1. The zero-order chi connectivity index (χ0) is 15.7. The van der Waals surface area contributed by atoms with E-state index in [0.717, 1.165) is 12.2 Å². The number of amides is 1. The Morgan fingerprint density at radius 2 is 2.05 bits per heavy atom. The van der Waals surface area contributed by atoms with Crippen LogP contribution in [0.5, 0.6) is 5.75 Å². The Morgan fingerprint density at radius 3 is 2.62 bits per heavy atom. The van der Waals surface area contributed by atoms with Crippen molar-refractivity contribution in [2.24, 2.45) is 0 Å². The maximum absolute atomic E-state index is 12.8. The number of halogens is 1. The molecule has 0 saturated carbocycles. The molecule has 5 nitrogen and oxygen atoms in total. The number of rotatable bonds is 9. The molecular weight excluding hydrogens is 297 g/mol. The monoisotopic (exact) mass is 315 g/mol. The van der Waals surface area contributed by atoms with Crippen LogP contribution in [0.15, 0.2) is 24.3 Å². The van der Waals surface area contributed by atoms with E-state index in [1.54, 1.807) is 0 Å². The molecule has 0 fully saturated rings.